The number of amides is 1. The number of hydrogen-bond acceptors (Lipinski definition) is 6. The maximum atomic E-state index is 12.0. The predicted octanol–water partition coefficient (Wildman–Crippen LogP) is -1.13. The second-order valence-corrected chi connectivity index (χ2v) is 6.60. The highest BCUT2D eigenvalue weighted by Gasteiger charge is 2.23. The average molecular weight is 305 g/mol. The first kappa shape index (κ1) is 15.6. The molecule has 19 heavy (non-hydrogen) atoms. The van der Waals surface area contributed by atoms with E-state index in [1.807, 2.05) is 0 Å². The van der Waals surface area contributed by atoms with Crippen molar-refractivity contribution >= 4 is 33.2 Å². The minimum Gasteiger partial charge on any atom is -0.549 e. The van der Waals surface area contributed by atoms with Gasteiger partial charge in [-0.3, -0.25) is 4.79 Å². The number of hydrogen-bond donors (Lipinski definition) is 1. The van der Waals surface area contributed by atoms with Gasteiger partial charge in [-0.25, -0.2) is 8.42 Å². The van der Waals surface area contributed by atoms with Crippen LogP contribution in [0.4, 0.5) is 0 Å². The van der Waals surface area contributed by atoms with Crippen LogP contribution in [0.1, 0.15) is 16.6 Å². The molecule has 106 valence electrons. The van der Waals surface area contributed by atoms with Crippen molar-refractivity contribution in [2.75, 3.05) is 20.1 Å². The van der Waals surface area contributed by atoms with Gasteiger partial charge in [0.15, 0.2) is 0 Å². The van der Waals surface area contributed by atoms with E-state index in [2.05, 4.69) is 5.32 Å². The molecule has 0 aliphatic heterocycles. The van der Waals surface area contributed by atoms with E-state index in [0.29, 0.717) is 10.8 Å². The van der Waals surface area contributed by atoms with Crippen molar-refractivity contribution in [3.05, 3.63) is 16.3 Å². The Balaban J connectivity index is 2.97. The highest BCUT2D eigenvalue weighted by atomic mass is 32.2. The standard InChI is InChI=1S/C10H14N2O5S2/c1-3-11-10(15)8-4-7(6-18-8)19(16,17)12(2)5-9(13)14/h4,6H,3,5H2,1-2H3,(H,11,15)(H,13,14)/p-1. The van der Waals surface area contributed by atoms with Gasteiger partial charge in [0.25, 0.3) is 5.91 Å². The largest absolute Gasteiger partial charge is 0.549 e. The second kappa shape index (κ2) is 6.13. The minimum atomic E-state index is -3.92. The van der Waals surface area contributed by atoms with Gasteiger partial charge in [-0.2, -0.15) is 4.31 Å². The number of likely N-dealkylation sites (N-methyl/N-ethyl adjacent to an activating group) is 1. The van der Waals surface area contributed by atoms with Crippen molar-refractivity contribution in [2.45, 2.75) is 11.8 Å². The first-order chi connectivity index (χ1) is 8.78. The van der Waals surface area contributed by atoms with E-state index in [9.17, 15) is 23.1 Å². The zero-order valence-electron chi connectivity index (χ0n) is 10.4. The Bertz CT molecular complexity index is 578. The number of sulfonamides is 1. The molecule has 9 heteroatoms. The number of aliphatic carboxylic acids is 1. The van der Waals surface area contributed by atoms with Crippen molar-refractivity contribution in [2.24, 2.45) is 0 Å². The highest BCUT2D eigenvalue weighted by Crippen LogP contribution is 2.21. The number of nitrogens with zero attached hydrogens (tertiary/aromatic N) is 1. The Labute approximate surface area is 114 Å². The van der Waals surface area contributed by atoms with Gasteiger partial charge >= 0.3 is 0 Å². The van der Waals surface area contributed by atoms with Gasteiger partial charge < -0.3 is 15.2 Å². The van der Waals surface area contributed by atoms with E-state index in [1.165, 1.54) is 11.4 Å². The molecule has 1 aromatic heterocycles. The number of carbonyl (C=O) groups excluding carboxylic acids is 2. The molecule has 0 saturated heterocycles. The molecule has 0 spiro atoms. The lowest BCUT2D eigenvalue weighted by Gasteiger charge is -2.16. The molecule has 0 fully saturated rings. The number of rotatable bonds is 6. The van der Waals surface area contributed by atoms with Gasteiger partial charge in [-0.05, 0) is 13.0 Å². The summed E-state index contributed by atoms with van der Waals surface area (Å²) in [6, 6.07) is 1.22. The van der Waals surface area contributed by atoms with Crippen LogP contribution in [0.2, 0.25) is 0 Å². The summed E-state index contributed by atoms with van der Waals surface area (Å²) in [5.41, 5.74) is 0. The normalized spacial score (nSPS) is 11.5. The fourth-order valence-electron chi connectivity index (χ4n) is 1.27. The van der Waals surface area contributed by atoms with Crippen molar-refractivity contribution in [3.63, 3.8) is 0 Å². The van der Waals surface area contributed by atoms with Gasteiger partial charge in [0.05, 0.1) is 22.3 Å². The third-order valence-corrected chi connectivity index (χ3v) is 5.06. The van der Waals surface area contributed by atoms with E-state index < -0.39 is 22.5 Å². The number of carbonyl (C=O) groups is 2. The number of carboxylic acid groups (broad SMARTS) is 1. The topological polar surface area (TPSA) is 107 Å². The highest BCUT2D eigenvalue weighted by molar-refractivity contribution is 7.89. The van der Waals surface area contributed by atoms with E-state index >= 15 is 0 Å². The molecule has 7 nitrogen and oxygen atoms in total. The van der Waals surface area contributed by atoms with E-state index in [4.69, 9.17) is 0 Å². The molecule has 1 heterocycles. The summed E-state index contributed by atoms with van der Waals surface area (Å²) >= 11 is 0.980. The number of thiophene rings is 1. The summed E-state index contributed by atoms with van der Waals surface area (Å²) < 4.78 is 24.6. The minimum absolute atomic E-state index is 0.109. The predicted molar refractivity (Wildman–Crippen MR) is 67.1 cm³/mol. The fourth-order valence-corrected chi connectivity index (χ4v) is 3.56. The molecular weight excluding hydrogens is 292 g/mol. The first-order valence-electron chi connectivity index (χ1n) is 5.32. The number of carboxylic acids is 1. The van der Waals surface area contributed by atoms with Crippen molar-refractivity contribution in [3.8, 4) is 0 Å². The number of nitrogens with one attached hydrogen (secondary N) is 1. The maximum absolute atomic E-state index is 12.0. The van der Waals surface area contributed by atoms with Gasteiger partial charge in [0.2, 0.25) is 10.0 Å². The summed E-state index contributed by atoms with van der Waals surface area (Å²) in [7, 11) is -2.79. The Kier molecular flexibility index (Phi) is 5.04. The third kappa shape index (κ3) is 3.75. The molecule has 0 aliphatic carbocycles. The monoisotopic (exact) mass is 305 g/mol. The van der Waals surface area contributed by atoms with Crippen LogP contribution >= 0.6 is 11.3 Å². The molecule has 0 saturated carbocycles. The van der Waals surface area contributed by atoms with Crippen molar-refractivity contribution in [1.29, 1.82) is 0 Å². The maximum Gasteiger partial charge on any atom is 0.261 e. The van der Waals surface area contributed by atoms with Crippen LogP contribution in [0.5, 0.6) is 0 Å². The molecule has 0 aromatic carbocycles. The van der Waals surface area contributed by atoms with Crippen molar-refractivity contribution < 1.29 is 23.1 Å². The van der Waals surface area contributed by atoms with Crippen LogP contribution in [0.15, 0.2) is 16.3 Å². The fraction of sp³-hybridized carbons (Fsp3) is 0.400. The Morgan fingerprint density at radius 3 is 2.63 bits per heavy atom. The molecule has 0 radical (unpaired) electrons. The van der Waals surface area contributed by atoms with Crippen LogP contribution in [0.3, 0.4) is 0 Å². The van der Waals surface area contributed by atoms with Gasteiger partial charge in [-0.1, -0.05) is 0 Å². The van der Waals surface area contributed by atoms with Crippen LogP contribution < -0.4 is 10.4 Å². The van der Waals surface area contributed by atoms with E-state index in [-0.39, 0.29) is 15.7 Å². The van der Waals surface area contributed by atoms with Gasteiger partial charge in [0.1, 0.15) is 0 Å². The Morgan fingerprint density at radius 1 is 1.47 bits per heavy atom. The van der Waals surface area contributed by atoms with Crippen LogP contribution in [-0.2, 0) is 14.8 Å². The zero-order valence-corrected chi connectivity index (χ0v) is 12.0. The van der Waals surface area contributed by atoms with Gasteiger partial charge in [0, 0.05) is 19.0 Å². The van der Waals surface area contributed by atoms with Crippen LogP contribution in [0.25, 0.3) is 0 Å². The van der Waals surface area contributed by atoms with E-state index in [1.54, 1.807) is 6.92 Å². The third-order valence-electron chi connectivity index (χ3n) is 2.20. The SMILES string of the molecule is CCNC(=O)c1cc(S(=O)(=O)N(C)CC(=O)[O-])cs1. The Morgan fingerprint density at radius 2 is 2.11 bits per heavy atom. The molecular formula is C10H13N2O5S2-. The summed E-state index contributed by atoms with van der Waals surface area (Å²) in [4.78, 5) is 22.1. The summed E-state index contributed by atoms with van der Waals surface area (Å²) in [6.07, 6.45) is 0. The summed E-state index contributed by atoms with van der Waals surface area (Å²) in [6.45, 7) is 1.44. The molecule has 0 atom stereocenters. The zero-order chi connectivity index (χ0) is 14.6. The lowest BCUT2D eigenvalue weighted by Crippen LogP contribution is -2.39. The lowest BCUT2D eigenvalue weighted by atomic mass is 10.4. The first-order valence-corrected chi connectivity index (χ1v) is 7.64. The van der Waals surface area contributed by atoms with Crippen LogP contribution in [-0.4, -0.2) is 44.7 Å². The van der Waals surface area contributed by atoms with Crippen LogP contribution in [0, 0.1) is 0 Å². The Hall–Kier alpha value is -1.45. The molecule has 1 aromatic rings. The molecule has 0 aliphatic rings. The molecule has 0 unspecified atom stereocenters. The molecule has 1 N–H and O–H groups in total. The molecule has 0 bridgehead atoms. The van der Waals surface area contributed by atoms with Gasteiger partial charge in [-0.15, -0.1) is 11.3 Å². The van der Waals surface area contributed by atoms with E-state index in [0.717, 1.165) is 18.4 Å². The average Bonchev–Trinajstić information content (AvgIpc) is 2.78. The summed E-state index contributed by atoms with van der Waals surface area (Å²) in [5, 5.41) is 14.3. The quantitative estimate of drug-likeness (QED) is 0.715. The van der Waals surface area contributed by atoms with Crippen molar-refractivity contribution in [1.82, 2.24) is 9.62 Å². The second-order valence-electron chi connectivity index (χ2n) is 3.64. The lowest BCUT2D eigenvalue weighted by molar-refractivity contribution is -0.305. The molecule has 1 amide bonds. The summed E-state index contributed by atoms with van der Waals surface area (Å²) in [5.74, 6) is -1.86. The molecule has 1 rings (SSSR count). The smallest absolute Gasteiger partial charge is 0.261 e.